The van der Waals surface area contributed by atoms with Crippen molar-refractivity contribution < 1.29 is 89.9 Å². The van der Waals surface area contributed by atoms with Crippen LogP contribution in [0.5, 0.6) is 0 Å². The smallest absolute Gasteiger partial charge is 0.463 e. The van der Waals surface area contributed by atoms with Crippen molar-refractivity contribution >= 4 is 67.2 Å². The van der Waals surface area contributed by atoms with Gasteiger partial charge < -0.3 is 58.7 Å². The summed E-state index contributed by atoms with van der Waals surface area (Å²) in [5, 5.41) is 21.4. The third kappa shape index (κ3) is 15.8. The van der Waals surface area contributed by atoms with Crippen LogP contribution in [-0.4, -0.2) is 133 Å². The zero-order valence-corrected chi connectivity index (χ0v) is 36.9. The Balaban J connectivity index is 1.76. The number of carbonyl (C=O) groups is 4. The molecule has 1 aliphatic heterocycles. The van der Waals surface area contributed by atoms with Crippen LogP contribution in [0.25, 0.3) is 11.2 Å². The van der Waals surface area contributed by atoms with Crippen LogP contribution in [0.4, 0.5) is 10.2 Å². The number of ether oxygens (including phenoxy) is 6. The van der Waals surface area contributed by atoms with E-state index in [9.17, 15) is 43.7 Å². The van der Waals surface area contributed by atoms with E-state index >= 15 is 4.39 Å². The first-order valence-corrected chi connectivity index (χ1v) is 23.2. The SMILES string of the molecule is CCCCCCCCC(=O)OC[C@H](F)C(C)C(OC(C)=O)C(OC(C)=O)C(OC(C)=O)C(OC)OP(=O)(O)OP(O)(=S)OCC1OC(n2cnc3c(N)ncnc32)C(O)C1O. The highest BCUT2D eigenvalue weighted by molar-refractivity contribution is 8.08. The number of aliphatic hydroxyl groups is 2. The second-order valence-electron chi connectivity index (χ2n) is 14.0. The van der Waals surface area contributed by atoms with Crippen LogP contribution in [0.1, 0.15) is 85.8 Å². The van der Waals surface area contributed by atoms with Crippen molar-refractivity contribution in [3.05, 3.63) is 12.7 Å². The molecule has 0 spiro atoms. The zero-order valence-electron chi connectivity index (χ0n) is 34.3. The Bertz CT molecular complexity index is 1880. The van der Waals surface area contributed by atoms with Crippen molar-refractivity contribution in [2.45, 2.75) is 135 Å². The molecule has 3 heterocycles. The number of esters is 4. The number of carbonyl (C=O) groups excluding carboxylic acids is 4. The standard InChI is InChI=1S/C34H54FN5O18P2S/c1-7-8-9-10-11-12-13-24(44)51-14-22(35)18(2)28(53-19(3)41)29(54-20(4)42)30(55-21(5)43)34(50-6)57-59(47,48)58-60(49,61)52-15-23-26(45)27(46)33(56-23)40-17-39-25-31(36)37-16-38-32(25)40/h16-18,22-23,26-30,33-34,45-46H,7-15H2,1-6H3,(H,47,48)(H,49,61)(H2,36,37,38)/t18?,22-,23?,26?,27?,28?,29?,30?,33?,34?,60?/m0/s1. The normalized spacial score (nSPS) is 22.8. The summed E-state index contributed by atoms with van der Waals surface area (Å²) in [7, 11) is -4.81. The molecule has 346 valence electrons. The number of aromatic nitrogens is 4. The van der Waals surface area contributed by atoms with E-state index < -0.39 is 113 Å². The molecule has 1 saturated heterocycles. The lowest BCUT2D eigenvalue weighted by Crippen LogP contribution is -2.54. The first kappa shape index (κ1) is 52.0. The van der Waals surface area contributed by atoms with Gasteiger partial charge in [0.25, 0.3) is 0 Å². The Hall–Kier alpha value is -3.32. The maximum Gasteiger partial charge on any atom is 0.481 e. The molecule has 2 aromatic rings. The molecule has 3 rings (SSSR count). The molecule has 23 nitrogen and oxygen atoms in total. The number of rotatable bonds is 26. The van der Waals surface area contributed by atoms with Crippen LogP contribution in [0.3, 0.4) is 0 Å². The third-order valence-electron chi connectivity index (χ3n) is 9.12. The molecule has 0 bridgehead atoms. The summed E-state index contributed by atoms with van der Waals surface area (Å²) in [4.78, 5) is 82.9. The number of imidazole rings is 1. The number of hydrogen-bond acceptors (Lipinski definition) is 21. The number of phosphoric ester groups is 1. The average Bonchev–Trinajstić information content (AvgIpc) is 3.73. The first-order chi connectivity index (χ1) is 28.6. The van der Waals surface area contributed by atoms with Gasteiger partial charge in [-0.15, -0.1) is 0 Å². The number of nitrogens with zero attached hydrogens (tertiary/aromatic N) is 4. The van der Waals surface area contributed by atoms with Gasteiger partial charge in [-0.3, -0.25) is 28.3 Å². The third-order valence-corrected chi connectivity index (χ3v) is 12.6. The van der Waals surface area contributed by atoms with Gasteiger partial charge in [0.1, 0.15) is 49.0 Å². The summed E-state index contributed by atoms with van der Waals surface area (Å²) in [6.45, 7) is -0.484. The highest BCUT2D eigenvalue weighted by Crippen LogP contribution is 2.61. The second-order valence-corrected chi connectivity index (χ2v) is 18.3. The number of aliphatic hydroxyl groups excluding tert-OH is 2. The average molecular weight is 934 g/mol. The largest absolute Gasteiger partial charge is 0.481 e. The molecule has 0 saturated carbocycles. The second kappa shape index (κ2) is 23.9. The molecule has 11 unspecified atom stereocenters. The molecule has 1 fully saturated rings. The van der Waals surface area contributed by atoms with E-state index in [-0.39, 0.29) is 23.4 Å². The van der Waals surface area contributed by atoms with E-state index in [2.05, 4.69) is 21.9 Å². The summed E-state index contributed by atoms with van der Waals surface area (Å²) >= 11 is 4.89. The van der Waals surface area contributed by atoms with Gasteiger partial charge in [0.2, 0.25) is 6.29 Å². The molecular formula is C34H54FN5O18P2S. The molecule has 1 aliphatic rings. The summed E-state index contributed by atoms with van der Waals surface area (Å²) in [5.41, 5.74) is 6.13. The molecule has 2 aromatic heterocycles. The number of nitrogen functional groups attached to an aromatic ring is 1. The van der Waals surface area contributed by atoms with Crippen LogP contribution >= 0.6 is 14.5 Å². The summed E-state index contributed by atoms with van der Waals surface area (Å²) in [6, 6.07) is 0. The molecule has 27 heteroatoms. The lowest BCUT2D eigenvalue weighted by molar-refractivity contribution is -0.224. The van der Waals surface area contributed by atoms with E-state index in [1.165, 1.54) is 17.8 Å². The predicted octanol–water partition coefficient (Wildman–Crippen LogP) is 2.43. The molecule has 0 aliphatic carbocycles. The summed E-state index contributed by atoms with van der Waals surface area (Å²) in [5.74, 6) is -5.37. The number of hydrogen-bond donors (Lipinski definition) is 5. The van der Waals surface area contributed by atoms with Gasteiger partial charge in [0.15, 0.2) is 29.9 Å². The molecule has 0 amide bonds. The van der Waals surface area contributed by atoms with E-state index in [4.69, 9.17) is 59.3 Å². The minimum absolute atomic E-state index is 0.0304. The summed E-state index contributed by atoms with van der Waals surface area (Å²) < 4.78 is 77.3. The minimum atomic E-state index is -5.69. The van der Waals surface area contributed by atoms with E-state index in [1.807, 2.05) is 0 Å². The van der Waals surface area contributed by atoms with Gasteiger partial charge in [-0.25, -0.2) is 28.2 Å². The van der Waals surface area contributed by atoms with E-state index in [1.54, 1.807) is 0 Å². The zero-order chi connectivity index (χ0) is 45.7. The number of methoxy groups -OCH3 is 1. The predicted molar refractivity (Wildman–Crippen MR) is 211 cm³/mol. The molecule has 0 aromatic carbocycles. The monoisotopic (exact) mass is 933 g/mol. The van der Waals surface area contributed by atoms with Gasteiger partial charge in [-0.1, -0.05) is 46.0 Å². The number of alkyl halides is 1. The van der Waals surface area contributed by atoms with E-state index in [0.29, 0.717) is 6.42 Å². The van der Waals surface area contributed by atoms with Crippen LogP contribution in [0.2, 0.25) is 0 Å². The van der Waals surface area contributed by atoms with Crippen molar-refractivity contribution in [2.24, 2.45) is 5.92 Å². The number of unbranched alkanes of at least 4 members (excludes halogenated alkanes) is 5. The fourth-order valence-corrected chi connectivity index (χ4v) is 9.29. The molecule has 61 heavy (non-hydrogen) atoms. The highest BCUT2D eigenvalue weighted by Gasteiger charge is 2.50. The Kier molecular flexibility index (Phi) is 20.4. The Morgan fingerprint density at radius 2 is 1.56 bits per heavy atom. The van der Waals surface area contributed by atoms with Gasteiger partial charge in [-0.05, 0) is 18.2 Å². The number of fused-ring (bicyclic) bond motifs is 1. The van der Waals surface area contributed by atoms with Crippen LogP contribution in [-0.2, 0) is 77.3 Å². The lowest BCUT2D eigenvalue weighted by atomic mass is 9.91. The van der Waals surface area contributed by atoms with Crippen molar-refractivity contribution in [3.8, 4) is 0 Å². The van der Waals surface area contributed by atoms with Crippen molar-refractivity contribution in [2.75, 3.05) is 26.1 Å². The van der Waals surface area contributed by atoms with Gasteiger partial charge >= 0.3 is 38.4 Å². The Morgan fingerprint density at radius 1 is 0.951 bits per heavy atom. The Labute approximate surface area is 355 Å². The first-order valence-electron chi connectivity index (χ1n) is 19.1. The molecular weight excluding hydrogens is 879 g/mol. The maximum atomic E-state index is 15.8. The highest BCUT2D eigenvalue weighted by atomic mass is 32.5. The van der Waals surface area contributed by atoms with Crippen LogP contribution in [0.15, 0.2) is 12.7 Å². The van der Waals surface area contributed by atoms with Crippen molar-refractivity contribution in [3.63, 3.8) is 0 Å². The van der Waals surface area contributed by atoms with Crippen molar-refractivity contribution in [1.29, 1.82) is 0 Å². The quantitative estimate of drug-likeness (QED) is 0.0297. The van der Waals surface area contributed by atoms with E-state index in [0.717, 1.165) is 66.3 Å². The molecule has 6 N–H and O–H groups in total. The van der Waals surface area contributed by atoms with Gasteiger partial charge in [0.05, 0.1) is 12.9 Å². The lowest BCUT2D eigenvalue weighted by Gasteiger charge is -2.38. The van der Waals surface area contributed by atoms with Crippen LogP contribution in [0, 0.1) is 5.92 Å². The van der Waals surface area contributed by atoms with Crippen LogP contribution < -0.4 is 5.73 Å². The maximum absolute atomic E-state index is 15.8. The molecule has 12 atom stereocenters. The topological polar surface area (TPSA) is 319 Å². The fraction of sp³-hybridized carbons (Fsp3) is 0.735. The fourth-order valence-electron chi connectivity index (χ4n) is 6.16. The summed E-state index contributed by atoms with van der Waals surface area (Å²) in [6.07, 6.45) is -8.66. The van der Waals surface area contributed by atoms with Gasteiger partial charge in [-0.2, -0.15) is 0 Å². The number of anilines is 1. The minimum Gasteiger partial charge on any atom is -0.463 e. The number of nitrogens with two attached hydrogens (primary N) is 1. The number of halogens is 1. The van der Waals surface area contributed by atoms with Crippen molar-refractivity contribution in [1.82, 2.24) is 19.5 Å². The molecule has 0 radical (unpaired) electrons. The Morgan fingerprint density at radius 3 is 2.18 bits per heavy atom. The van der Waals surface area contributed by atoms with Gasteiger partial charge in [0, 0.05) is 40.2 Å². The number of phosphoric acid groups is 1.